The molecule has 220 valence electrons. The van der Waals surface area contributed by atoms with Gasteiger partial charge in [0.05, 0.1) is 42.9 Å². The number of likely N-dealkylation sites (tertiary alicyclic amines) is 1. The van der Waals surface area contributed by atoms with Crippen molar-refractivity contribution in [2.75, 3.05) is 26.8 Å². The average Bonchev–Trinajstić information content (AvgIpc) is 3.30. The van der Waals surface area contributed by atoms with E-state index >= 15 is 0 Å². The van der Waals surface area contributed by atoms with Gasteiger partial charge in [-0.25, -0.2) is 19.2 Å². The highest BCUT2D eigenvalue weighted by atomic mass is 35.5. The summed E-state index contributed by atoms with van der Waals surface area (Å²) < 4.78 is 32.9. The van der Waals surface area contributed by atoms with Gasteiger partial charge in [-0.3, -0.25) is 4.90 Å². The van der Waals surface area contributed by atoms with E-state index in [9.17, 15) is 9.18 Å². The molecule has 0 bridgehead atoms. The number of carbonyl (C=O) groups excluding carboxylic acids is 1. The predicted octanol–water partition coefficient (Wildman–Crippen LogP) is 5.83. The first-order chi connectivity index (χ1) is 20.4. The number of esters is 1. The van der Waals surface area contributed by atoms with Gasteiger partial charge in [-0.2, -0.15) is 0 Å². The molecule has 2 aromatic carbocycles. The van der Waals surface area contributed by atoms with Gasteiger partial charge in [-0.1, -0.05) is 23.7 Å². The summed E-state index contributed by atoms with van der Waals surface area (Å²) in [6, 6.07) is 15.8. The number of benzene rings is 2. The molecule has 4 heterocycles. The highest BCUT2D eigenvalue weighted by Crippen LogP contribution is 2.27. The van der Waals surface area contributed by atoms with Crippen molar-refractivity contribution in [3.05, 3.63) is 88.1 Å². The summed E-state index contributed by atoms with van der Waals surface area (Å²) >= 11 is 5.86. The minimum absolute atomic E-state index is 0.0880. The molecular formula is C32H34ClFN4O4. The predicted molar refractivity (Wildman–Crippen MR) is 157 cm³/mol. The molecule has 0 aliphatic carbocycles. The SMILES string of the molecule is COC(=O)c1ccc2nc(CN3CCCC(Cc4cccc(OCc5ccc(Cl)cc5F)n4)C3)n(C[C@@H]3CCO3)c2c1. The van der Waals surface area contributed by atoms with E-state index in [1.54, 1.807) is 24.3 Å². The number of halogens is 2. The van der Waals surface area contributed by atoms with E-state index in [0.717, 1.165) is 67.9 Å². The number of hydrogen-bond acceptors (Lipinski definition) is 7. The van der Waals surface area contributed by atoms with Crippen LogP contribution in [0.1, 0.15) is 46.7 Å². The minimum Gasteiger partial charge on any atom is -0.473 e. The summed E-state index contributed by atoms with van der Waals surface area (Å²) in [6.45, 7) is 4.23. The number of imidazole rings is 1. The van der Waals surface area contributed by atoms with Gasteiger partial charge in [0, 0.05) is 35.5 Å². The summed E-state index contributed by atoms with van der Waals surface area (Å²) in [5.41, 5.74) is 3.70. The van der Waals surface area contributed by atoms with Gasteiger partial charge >= 0.3 is 5.97 Å². The summed E-state index contributed by atoms with van der Waals surface area (Å²) in [6.07, 6.45) is 4.22. The van der Waals surface area contributed by atoms with Crippen molar-refractivity contribution in [3.63, 3.8) is 0 Å². The summed E-state index contributed by atoms with van der Waals surface area (Å²) in [7, 11) is 1.39. The Kier molecular flexibility index (Phi) is 8.69. The van der Waals surface area contributed by atoms with Gasteiger partial charge in [0.15, 0.2) is 0 Å². The van der Waals surface area contributed by atoms with Crippen molar-refractivity contribution < 1.29 is 23.4 Å². The molecule has 0 amide bonds. The smallest absolute Gasteiger partial charge is 0.337 e. The van der Waals surface area contributed by atoms with E-state index in [-0.39, 0.29) is 18.7 Å². The zero-order valence-corrected chi connectivity index (χ0v) is 24.4. The van der Waals surface area contributed by atoms with Crippen LogP contribution in [0.2, 0.25) is 5.02 Å². The van der Waals surface area contributed by atoms with Crippen LogP contribution in [0.3, 0.4) is 0 Å². The number of piperidine rings is 1. The number of nitrogens with zero attached hydrogens (tertiary/aromatic N) is 4. The molecule has 2 aliphatic heterocycles. The van der Waals surface area contributed by atoms with E-state index in [1.165, 1.54) is 13.2 Å². The summed E-state index contributed by atoms with van der Waals surface area (Å²) in [5, 5.41) is 0.357. The third kappa shape index (κ3) is 6.59. The van der Waals surface area contributed by atoms with Gasteiger partial charge in [-0.05, 0) is 74.5 Å². The molecule has 6 rings (SSSR count). The van der Waals surface area contributed by atoms with Crippen LogP contribution in [0.5, 0.6) is 5.88 Å². The molecule has 2 aromatic heterocycles. The molecule has 2 fully saturated rings. The van der Waals surface area contributed by atoms with Gasteiger partial charge < -0.3 is 18.8 Å². The second kappa shape index (κ2) is 12.8. The zero-order valence-electron chi connectivity index (χ0n) is 23.6. The molecule has 8 nitrogen and oxygen atoms in total. The number of carbonyl (C=O) groups is 1. The van der Waals surface area contributed by atoms with Crippen LogP contribution in [0.25, 0.3) is 11.0 Å². The fourth-order valence-electron chi connectivity index (χ4n) is 5.77. The molecular weight excluding hydrogens is 559 g/mol. The summed E-state index contributed by atoms with van der Waals surface area (Å²) in [4.78, 5) is 24.3. The first-order valence-electron chi connectivity index (χ1n) is 14.4. The highest BCUT2D eigenvalue weighted by molar-refractivity contribution is 6.30. The minimum atomic E-state index is -0.390. The van der Waals surface area contributed by atoms with Crippen LogP contribution in [0, 0.1) is 11.7 Å². The maximum atomic E-state index is 14.1. The Hall–Kier alpha value is -3.53. The van der Waals surface area contributed by atoms with Gasteiger partial charge in [0.25, 0.3) is 0 Å². The van der Waals surface area contributed by atoms with Crippen molar-refractivity contribution in [1.29, 1.82) is 0 Å². The molecule has 2 saturated heterocycles. The molecule has 0 N–H and O–H groups in total. The molecule has 0 saturated carbocycles. The number of ether oxygens (including phenoxy) is 3. The molecule has 0 spiro atoms. The van der Waals surface area contributed by atoms with E-state index in [2.05, 4.69) is 9.47 Å². The Morgan fingerprint density at radius 2 is 2.02 bits per heavy atom. The lowest BCUT2D eigenvalue weighted by atomic mass is 9.93. The fraction of sp³-hybridized carbons (Fsp3) is 0.406. The van der Waals surface area contributed by atoms with Crippen molar-refractivity contribution >= 4 is 28.6 Å². The Labute approximate surface area is 249 Å². The lowest BCUT2D eigenvalue weighted by Crippen LogP contribution is -2.37. The van der Waals surface area contributed by atoms with Gasteiger partial charge in [0.2, 0.25) is 5.88 Å². The number of pyridine rings is 1. The molecule has 0 radical (unpaired) electrons. The number of aromatic nitrogens is 3. The van der Waals surface area contributed by atoms with Crippen molar-refractivity contribution in [3.8, 4) is 5.88 Å². The average molecular weight is 593 g/mol. The first kappa shape index (κ1) is 28.6. The van der Waals surface area contributed by atoms with Gasteiger partial charge in [-0.15, -0.1) is 0 Å². The fourth-order valence-corrected chi connectivity index (χ4v) is 5.93. The normalized spacial score (nSPS) is 19.0. The number of methoxy groups -OCH3 is 1. The molecule has 1 unspecified atom stereocenters. The van der Waals surface area contributed by atoms with Crippen molar-refractivity contribution in [1.82, 2.24) is 19.4 Å². The summed E-state index contributed by atoms with van der Waals surface area (Å²) in [5.74, 6) is 1.15. The molecule has 2 atom stereocenters. The Morgan fingerprint density at radius 1 is 1.14 bits per heavy atom. The number of rotatable bonds is 10. The highest BCUT2D eigenvalue weighted by Gasteiger charge is 2.26. The second-order valence-electron chi connectivity index (χ2n) is 11.1. The van der Waals surface area contributed by atoms with Crippen LogP contribution in [-0.2, 0) is 35.6 Å². The number of hydrogen-bond donors (Lipinski definition) is 0. The molecule has 10 heteroatoms. The lowest BCUT2D eigenvalue weighted by molar-refractivity contribution is -0.0592. The molecule has 2 aliphatic rings. The Balaban J connectivity index is 1.12. The van der Waals surface area contributed by atoms with Crippen LogP contribution < -0.4 is 4.74 Å². The first-order valence-corrected chi connectivity index (χ1v) is 14.8. The van der Waals surface area contributed by atoms with E-state index in [0.29, 0.717) is 41.0 Å². The maximum Gasteiger partial charge on any atom is 0.337 e. The van der Waals surface area contributed by atoms with Crippen LogP contribution in [0.15, 0.2) is 54.6 Å². The topological polar surface area (TPSA) is 78.7 Å². The Morgan fingerprint density at radius 3 is 2.81 bits per heavy atom. The van der Waals surface area contributed by atoms with Crippen molar-refractivity contribution in [2.45, 2.75) is 51.5 Å². The zero-order chi connectivity index (χ0) is 29.1. The Bertz CT molecular complexity index is 1570. The lowest BCUT2D eigenvalue weighted by Gasteiger charge is -2.33. The van der Waals surface area contributed by atoms with E-state index < -0.39 is 5.82 Å². The monoisotopic (exact) mass is 592 g/mol. The van der Waals surface area contributed by atoms with Crippen LogP contribution in [0.4, 0.5) is 4.39 Å². The maximum absolute atomic E-state index is 14.1. The van der Waals surface area contributed by atoms with Crippen LogP contribution >= 0.6 is 11.6 Å². The quantitative estimate of drug-likeness (QED) is 0.214. The molecule has 4 aromatic rings. The van der Waals surface area contributed by atoms with Gasteiger partial charge in [0.1, 0.15) is 18.2 Å². The van der Waals surface area contributed by atoms with Crippen LogP contribution in [-0.4, -0.2) is 58.3 Å². The largest absolute Gasteiger partial charge is 0.473 e. The molecule has 42 heavy (non-hydrogen) atoms. The third-order valence-corrected chi connectivity index (χ3v) is 8.30. The number of fused-ring (bicyclic) bond motifs is 1. The van der Waals surface area contributed by atoms with E-state index in [4.69, 9.17) is 35.8 Å². The van der Waals surface area contributed by atoms with E-state index in [1.807, 2.05) is 24.3 Å². The van der Waals surface area contributed by atoms with Crippen molar-refractivity contribution in [2.24, 2.45) is 5.92 Å². The standard InChI is InChI=1S/C32H34ClFN4O4/c1-40-32(39)22-8-10-28-29(15-22)38(18-26-11-13-41-26)30(36-28)19-37-12-3-4-21(17-37)14-25-5-2-6-31(35-25)42-20-23-7-9-24(33)16-27(23)34/h2,5-10,15-16,21,26H,3-4,11-14,17-20H2,1H3/t21?,26-/m0/s1. The third-order valence-electron chi connectivity index (χ3n) is 8.07. The second-order valence-corrected chi connectivity index (χ2v) is 11.5.